The van der Waals surface area contributed by atoms with Gasteiger partial charge in [0.05, 0.1) is 18.1 Å². The van der Waals surface area contributed by atoms with Crippen LogP contribution >= 0.6 is 0 Å². The molecule has 4 aromatic rings. The highest BCUT2D eigenvalue weighted by atomic mass is 19.4. The highest BCUT2D eigenvalue weighted by molar-refractivity contribution is 5.97. The molecule has 0 fully saturated rings. The summed E-state index contributed by atoms with van der Waals surface area (Å²) in [6, 6.07) is 18.8. The zero-order valence-electron chi connectivity index (χ0n) is 21.2. The lowest BCUT2D eigenvalue weighted by atomic mass is 10.0. The summed E-state index contributed by atoms with van der Waals surface area (Å²) in [5.74, 6) is 3.91. The lowest BCUT2D eigenvalue weighted by molar-refractivity contribution is -0.274. The maximum atomic E-state index is 13.2. The number of alkyl halides is 3. The monoisotopic (exact) mass is 544 g/mol. The molecule has 0 saturated heterocycles. The molecule has 3 N–H and O–H groups in total. The van der Waals surface area contributed by atoms with Crippen molar-refractivity contribution in [2.24, 2.45) is 0 Å². The van der Waals surface area contributed by atoms with Crippen molar-refractivity contribution in [1.29, 1.82) is 5.26 Å². The van der Waals surface area contributed by atoms with Crippen molar-refractivity contribution in [2.45, 2.75) is 25.2 Å². The minimum absolute atomic E-state index is 0.0632. The van der Waals surface area contributed by atoms with Crippen LogP contribution in [-0.2, 0) is 6.42 Å². The van der Waals surface area contributed by atoms with Gasteiger partial charge < -0.3 is 20.4 Å². The molecule has 3 aromatic carbocycles. The fraction of sp³-hybridized carbons (Fsp3) is 0.167. The van der Waals surface area contributed by atoms with Gasteiger partial charge in [0, 0.05) is 46.9 Å². The fourth-order valence-corrected chi connectivity index (χ4v) is 4.11. The Labute approximate surface area is 228 Å². The van der Waals surface area contributed by atoms with Crippen molar-refractivity contribution in [3.63, 3.8) is 0 Å². The molecular weight excluding hydrogens is 521 g/mol. The summed E-state index contributed by atoms with van der Waals surface area (Å²) in [6.45, 7) is 0. The second-order valence-electron chi connectivity index (χ2n) is 8.76. The second kappa shape index (κ2) is 12.1. The lowest BCUT2D eigenvalue weighted by Gasteiger charge is -2.18. The van der Waals surface area contributed by atoms with Crippen molar-refractivity contribution in [3.8, 4) is 23.7 Å². The fourth-order valence-electron chi connectivity index (χ4n) is 4.11. The number of nitriles is 1. The number of H-pyrrole nitrogens is 1. The molecule has 0 aliphatic carbocycles. The molecule has 4 rings (SSSR count). The quantitative estimate of drug-likeness (QED) is 0.282. The van der Waals surface area contributed by atoms with Crippen molar-refractivity contribution in [1.82, 2.24) is 15.6 Å². The van der Waals surface area contributed by atoms with Crippen LogP contribution in [0.1, 0.15) is 43.8 Å². The van der Waals surface area contributed by atoms with Gasteiger partial charge in [-0.2, -0.15) is 5.26 Å². The first-order valence-corrected chi connectivity index (χ1v) is 12.1. The Balaban J connectivity index is 1.60. The van der Waals surface area contributed by atoms with Crippen LogP contribution in [0, 0.1) is 23.2 Å². The van der Waals surface area contributed by atoms with Gasteiger partial charge in [0.25, 0.3) is 11.8 Å². The Morgan fingerprint density at radius 1 is 1.00 bits per heavy atom. The number of halogens is 3. The van der Waals surface area contributed by atoms with E-state index >= 15 is 0 Å². The zero-order valence-corrected chi connectivity index (χ0v) is 21.2. The number of fused-ring (bicyclic) bond motifs is 1. The average Bonchev–Trinajstić information content (AvgIpc) is 3.34. The van der Waals surface area contributed by atoms with E-state index in [0.717, 1.165) is 22.5 Å². The number of aromatic amines is 1. The number of para-hydroxylation sites is 1. The third-order valence-corrected chi connectivity index (χ3v) is 5.99. The van der Waals surface area contributed by atoms with Crippen LogP contribution in [-0.4, -0.2) is 36.3 Å². The third kappa shape index (κ3) is 7.00. The maximum absolute atomic E-state index is 13.2. The lowest BCUT2D eigenvalue weighted by Crippen LogP contribution is -2.36. The summed E-state index contributed by atoms with van der Waals surface area (Å²) in [5, 5.41) is 15.4. The number of benzene rings is 3. The van der Waals surface area contributed by atoms with Gasteiger partial charge in [0.15, 0.2) is 0 Å². The maximum Gasteiger partial charge on any atom is 0.573 e. The Morgan fingerprint density at radius 2 is 1.70 bits per heavy atom. The molecule has 0 radical (unpaired) electrons. The van der Waals surface area contributed by atoms with E-state index in [9.17, 15) is 28.0 Å². The van der Waals surface area contributed by atoms with Crippen molar-refractivity contribution in [3.05, 3.63) is 101 Å². The number of nitrogens with one attached hydrogen (secondary N) is 3. The Kier molecular flexibility index (Phi) is 8.41. The number of carbonyl (C=O) groups excluding carboxylic acids is 2. The van der Waals surface area contributed by atoms with Gasteiger partial charge in [-0.3, -0.25) is 9.59 Å². The molecule has 0 aliphatic heterocycles. The number of amides is 2. The van der Waals surface area contributed by atoms with Gasteiger partial charge in [-0.1, -0.05) is 30.0 Å². The number of aromatic nitrogens is 1. The van der Waals surface area contributed by atoms with E-state index in [-0.39, 0.29) is 29.9 Å². The first-order valence-electron chi connectivity index (χ1n) is 12.1. The molecular formula is C30H23F3N4O3. The van der Waals surface area contributed by atoms with Gasteiger partial charge in [-0.05, 0) is 60.5 Å². The standard InChI is InChI=1S/C30H23F3N4O3/c1-35-28(38)21-11-8-19(9-12-21)6-7-20-10-13-27(40-30(31,32)33)25(16-20)29(39)37-23(14-15-34)17-22-18-36-26-5-3-2-4-24(22)26/h2-5,8-13,16,18,23,36H,14,17H2,1H3,(H,35,38)(H,37,39). The van der Waals surface area contributed by atoms with Crippen LogP contribution in [0.15, 0.2) is 72.9 Å². The molecule has 2 amide bonds. The summed E-state index contributed by atoms with van der Waals surface area (Å²) in [4.78, 5) is 28.1. The van der Waals surface area contributed by atoms with Crippen LogP contribution in [0.4, 0.5) is 13.2 Å². The van der Waals surface area contributed by atoms with Gasteiger partial charge in [0.2, 0.25) is 0 Å². The van der Waals surface area contributed by atoms with E-state index in [1.807, 2.05) is 30.3 Å². The molecule has 1 atom stereocenters. The van der Waals surface area contributed by atoms with Crippen molar-refractivity contribution >= 4 is 22.7 Å². The molecule has 0 saturated carbocycles. The summed E-state index contributed by atoms with van der Waals surface area (Å²) in [7, 11) is 1.51. The molecule has 10 heteroatoms. The molecule has 7 nitrogen and oxygen atoms in total. The Morgan fingerprint density at radius 3 is 2.40 bits per heavy atom. The summed E-state index contributed by atoms with van der Waals surface area (Å²) in [5.41, 5.74) is 2.63. The summed E-state index contributed by atoms with van der Waals surface area (Å²) in [6.07, 6.45) is -3.03. The topological polar surface area (TPSA) is 107 Å². The van der Waals surface area contributed by atoms with E-state index < -0.39 is 24.1 Å². The first kappa shape index (κ1) is 27.8. The highest BCUT2D eigenvalue weighted by Crippen LogP contribution is 2.28. The van der Waals surface area contributed by atoms with Crippen LogP contribution in [0.2, 0.25) is 0 Å². The van der Waals surface area contributed by atoms with Crippen LogP contribution < -0.4 is 15.4 Å². The minimum atomic E-state index is -5.02. The predicted molar refractivity (Wildman–Crippen MR) is 142 cm³/mol. The number of nitrogens with zero attached hydrogens (tertiary/aromatic N) is 1. The first-order chi connectivity index (χ1) is 19.2. The normalized spacial score (nSPS) is 11.6. The molecule has 0 aliphatic rings. The smallest absolute Gasteiger partial charge is 0.405 e. The zero-order chi connectivity index (χ0) is 28.7. The molecule has 1 unspecified atom stereocenters. The van der Waals surface area contributed by atoms with E-state index in [1.54, 1.807) is 30.5 Å². The van der Waals surface area contributed by atoms with E-state index in [2.05, 4.69) is 32.2 Å². The molecule has 0 bridgehead atoms. The number of ether oxygens (including phenoxy) is 1. The molecule has 0 spiro atoms. The van der Waals surface area contributed by atoms with E-state index in [0.29, 0.717) is 11.1 Å². The number of rotatable bonds is 7. The van der Waals surface area contributed by atoms with E-state index in [4.69, 9.17) is 0 Å². The van der Waals surface area contributed by atoms with Gasteiger partial charge in [-0.15, -0.1) is 13.2 Å². The SMILES string of the molecule is CNC(=O)c1ccc(C#Cc2ccc(OC(F)(F)F)c(C(=O)NC(CC#N)Cc3c[nH]c4ccccc34)c2)cc1. The average molecular weight is 545 g/mol. The van der Waals surface area contributed by atoms with Gasteiger partial charge >= 0.3 is 6.36 Å². The van der Waals surface area contributed by atoms with Crippen molar-refractivity contribution in [2.75, 3.05) is 7.05 Å². The van der Waals surface area contributed by atoms with Gasteiger partial charge in [0.1, 0.15) is 5.75 Å². The van der Waals surface area contributed by atoms with E-state index in [1.165, 1.54) is 19.2 Å². The molecule has 1 heterocycles. The second-order valence-corrected chi connectivity index (χ2v) is 8.76. The van der Waals surface area contributed by atoms with Gasteiger partial charge in [-0.25, -0.2) is 0 Å². The van der Waals surface area contributed by atoms with Crippen LogP contribution in [0.3, 0.4) is 0 Å². The molecule has 1 aromatic heterocycles. The molecule has 202 valence electrons. The number of carbonyl (C=O) groups is 2. The highest BCUT2D eigenvalue weighted by Gasteiger charge is 2.33. The summed E-state index contributed by atoms with van der Waals surface area (Å²) < 4.78 is 43.4. The number of hydrogen-bond donors (Lipinski definition) is 3. The number of hydrogen-bond acceptors (Lipinski definition) is 4. The van der Waals surface area contributed by atoms with Crippen LogP contribution in [0.25, 0.3) is 10.9 Å². The Hall–Kier alpha value is -5.22. The predicted octanol–water partition coefficient (Wildman–Crippen LogP) is 5.08. The minimum Gasteiger partial charge on any atom is -0.405 e. The molecule has 40 heavy (non-hydrogen) atoms. The van der Waals surface area contributed by atoms with Crippen LogP contribution in [0.5, 0.6) is 5.75 Å². The summed E-state index contributed by atoms with van der Waals surface area (Å²) >= 11 is 0. The third-order valence-electron chi connectivity index (χ3n) is 5.99. The van der Waals surface area contributed by atoms with Crippen molar-refractivity contribution < 1.29 is 27.5 Å². The largest absolute Gasteiger partial charge is 0.573 e. The Bertz CT molecular complexity index is 1640.